The molecule has 0 N–H and O–H groups in total. The lowest BCUT2D eigenvalue weighted by atomic mass is 10.3. The SMILES string of the molecule is CCSc1cnccc1C#N. The first-order valence-electron chi connectivity index (χ1n) is 3.35. The molecule has 0 fully saturated rings. The molecule has 0 bridgehead atoms. The molecule has 0 atom stereocenters. The smallest absolute Gasteiger partial charge is 0.100 e. The van der Waals surface area contributed by atoms with Crippen LogP contribution >= 0.6 is 11.8 Å². The molecule has 11 heavy (non-hydrogen) atoms. The predicted molar refractivity (Wildman–Crippen MR) is 45.4 cm³/mol. The average molecular weight is 164 g/mol. The Bertz CT molecular complexity index is 278. The number of hydrogen-bond donors (Lipinski definition) is 0. The van der Waals surface area contributed by atoms with Crippen LogP contribution in [0.15, 0.2) is 23.4 Å². The van der Waals surface area contributed by atoms with Gasteiger partial charge in [-0.05, 0) is 11.8 Å². The highest BCUT2D eigenvalue weighted by molar-refractivity contribution is 7.99. The van der Waals surface area contributed by atoms with Crippen molar-refractivity contribution in [3.63, 3.8) is 0 Å². The summed E-state index contributed by atoms with van der Waals surface area (Å²) in [4.78, 5) is 4.91. The molecule has 1 heterocycles. The maximum Gasteiger partial charge on any atom is 0.100 e. The predicted octanol–water partition coefficient (Wildman–Crippen LogP) is 2.07. The minimum absolute atomic E-state index is 0.715. The van der Waals surface area contributed by atoms with Crippen molar-refractivity contribution in [1.29, 1.82) is 5.26 Å². The summed E-state index contributed by atoms with van der Waals surface area (Å²) in [5, 5.41) is 8.65. The van der Waals surface area contributed by atoms with Crippen molar-refractivity contribution < 1.29 is 0 Å². The first-order valence-corrected chi connectivity index (χ1v) is 4.34. The van der Waals surface area contributed by atoms with Gasteiger partial charge in [0, 0.05) is 17.3 Å². The van der Waals surface area contributed by atoms with Crippen LogP contribution in [0.3, 0.4) is 0 Å². The summed E-state index contributed by atoms with van der Waals surface area (Å²) >= 11 is 1.64. The van der Waals surface area contributed by atoms with Crippen molar-refractivity contribution in [2.24, 2.45) is 0 Å². The Labute approximate surface area is 70.3 Å². The maximum absolute atomic E-state index is 8.65. The Hall–Kier alpha value is -1.01. The normalized spacial score (nSPS) is 9.09. The first-order chi connectivity index (χ1) is 5.38. The van der Waals surface area contributed by atoms with E-state index in [0.29, 0.717) is 5.56 Å². The van der Waals surface area contributed by atoms with Crippen LogP contribution in [0, 0.1) is 11.3 Å². The van der Waals surface area contributed by atoms with Gasteiger partial charge in [0.15, 0.2) is 0 Å². The van der Waals surface area contributed by atoms with Crippen LogP contribution in [0.2, 0.25) is 0 Å². The van der Waals surface area contributed by atoms with E-state index in [-0.39, 0.29) is 0 Å². The largest absolute Gasteiger partial charge is 0.263 e. The van der Waals surface area contributed by atoms with E-state index in [1.54, 1.807) is 30.2 Å². The second-order valence-electron chi connectivity index (χ2n) is 1.92. The van der Waals surface area contributed by atoms with Gasteiger partial charge in [0.05, 0.1) is 5.56 Å². The summed E-state index contributed by atoms with van der Waals surface area (Å²) < 4.78 is 0. The van der Waals surface area contributed by atoms with Gasteiger partial charge in [0.1, 0.15) is 6.07 Å². The van der Waals surface area contributed by atoms with Gasteiger partial charge in [-0.1, -0.05) is 6.92 Å². The molecule has 1 aromatic heterocycles. The standard InChI is InChI=1S/C8H8N2S/c1-2-11-8-6-10-4-3-7(8)5-9/h3-4,6H,2H2,1H3. The number of aromatic nitrogens is 1. The number of nitriles is 1. The Morgan fingerprint density at radius 3 is 3.18 bits per heavy atom. The van der Waals surface area contributed by atoms with Gasteiger partial charge in [0.25, 0.3) is 0 Å². The van der Waals surface area contributed by atoms with E-state index in [0.717, 1.165) is 10.6 Å². The fourth-order valence-corrected chi connectivity index (χ4v) is 1.46. The fraction of sp³-hybridized carbons (Fsp3) is 0.250. The zero-order valence-corrected chi connectivity index (χ0v) is 7.06. The molecule has 1 rings (SSSR count). The molecule has 0 saturated heterocycles. The molecule has 0 saturated carbocycles. The van der Waals surface area contributed by atoms with Crippen LogP contribution < -0.4 is 0 Å². The van der Waals surface area contributed by atoms with Gasteiger partial charge in [-0.3, -0.25) is 4.98 Å². The fourth-order valence-electron chi connectivity index (χ4n) is 0.743. The van der Waals surface area contributed by atoms with Gasteiger partial charge < -0.3 is 0 Å². The number of nitrogens with zero attached hydrogens (tertiary/aromatic N) is 2. The van der Waals surface area contributed by atoms with Crippen molar-refractivity contribution in [3.05, 3.63) is 24.0 Å². The van der Waals surface area contributed by atoms with Crippen LogP contribution in [0.5, 0.6) is 0 Å². The van der Waals surface area contributed by atoms with Gasteiger partial charge in [0.2, 0.25) is 0 Å². The summed E-state index contributed by atoms with van der Waals surface area (Å²) in [6, 6.07) is 3.85. The third kappa shape index (κ3) is 1.95. The molecular weight excluding hydrogens is 156 g/mol. The highest BCUT2D eigenvalue weighted by Crippen LogP contribution is 2.19. The summed E-state index contributed by atoms with van der Waals surface area (Å²) in [7, 11) is 0. The minimum atomic E-state index is 0.715. The van der Waals surface area contributed by atoms with Crippen molar-refractivity contribution in [3.8, 4) is 6.07 Å². The molecule has 0 spiro atoms. The van der Waals surface area contributed by atoms with Crippen LogP contribution in [0.25, 0.3) is 0 Å². The number of pyridine rings is 1. The second kappa shape index (κ2) is 3.99. The lowest BCUT2D eigenvalue weighted by molar-refractivity contribution is 1.21. The van der Waals surface area contributed by atoms with Gasteiger partial charge in [-0.15, -0.1) is 11.8 Å². The molecule has 0 unspecified atom stereocenters. The van der Waals surface area contributed by atoms with Crippen molar-refractivity contribution >= 4 is 11.8 Å². The minimum Gasteiger partial charge on any atom is -0.263 e. The molecule has 0 aliphatic heterocycles. The molecule has 2 nitrogen and oxygen atoms in total. The molecule has 3 heteroatoms. The Morgan fingerprint density at radius 1 is 1.73 bits per heavy atom. The summed E-state index contributed by atoms with van der Waals surface area (Å²) in [5.74, 6) is 0.973. The van der Waals surface area contributed by atoms with Crippen molar-refractivity contribution in [2.45, 2.75) is 11.8 Å². The topological polar surface area (TPSA) is 36.7 Å². The van der Waals surface area contributed by atoms with E-state index in [1.165, 1.54) is 0 Å². The summed E-state index contributed by atoms with van der Waals surface area (Å²) in [6.45, 7) is 2.05. The number of thioether (sulfide) groups is 1. The first kappa shape index (κ1) is 8.09. The maximum atomic E-state index is 8.65. The summed E-state index contributed by atoms with van der Waals surface area (Å²) in [6.07, 6.45) is 3.37. The van der Waals surface area contributed by atoms with E-state index in [1.807, 2.05) is 0 Å². The lowest BCUT2D eigenvalue weighted by Gasteiger charge is -1.97. The van der Waals surface area contributed by atoms with Gasteiger partial charge >= 0.3 is 0 Å². The Kier molecular flexibility index (Phi) is 2.94. The molecule has 0 aromatic carbocycles. The van der Waals surface area contributed by atoms with E-state index in [4.69, 9.17) is 5.26 Å². The Balaban J connectivity index is 2.95. The van der Waals surface area contributed by atoms with E-state index in [9.17, 15) is 0 Å². The molecule has 0 aliphatic rings. The van der Waals surface area contributed by atoms with Crippen LogP contribution in [-0.2, 0) is 0 Å². The van der Waals surface area contributed by atoms with Gasteiger partial charge in [-0.25, -0.2) is 0 Å². The van der Waals surface area contributed by atoms with E-state index >= 15 is 0 Å². The third-order valence-corrected chi connectivity index (χ3v) is 2.13. The highest BCUT2D eigenvalue weighted by Gasteiger charge is 1.98. The van der Waals surface area contributed by atoms with Crippen LogP contribution in [-0.4, -0.2) is 10.7 Å². The number of rotatable bonds is 2. The van der Waals surface area contributed by atoms with Gasteiger partial charge in [-0.2, -0.15) is 5.26 Å². The molecule has 56 valence electrons. The molecule has 0 aliphatic carbocycles. The van der Waals surface area contributed by atoms with Crippen LogP contribution in [0.4, 0.5) is 0 Å². The average Bonchev–Trinajstić information content (AvgIpc) is 2.06. The molecule has 0 radical (unpaired) electrons. The monoisotopic (exact) mass is 164 g/mol. The Morgan fingerprint density at radius 2 is 2.55 bits per heavy atom. The zero-order chi connectivity index (χ0) is 8.10. The van der Waals surface area contributed by atoms with Crippen LogP contribution in [0.1, 0.15) is 12.5 Å². The molecule has 1 aromatic rings. The number of hydrogen-bond acceptors (Lipinski definition) is 3. The third-order valence-electron chi connectivity index (χ3n) is 1.20. The van der Waals surface area contributed by atoms with E-state index < -0.39 is 0 Å². The lowest BCUT2D eigenvalue weighted by Crippen LogP contribution is -1.82. The summed E-state index contributed by atoms with van der Waals surface area (Å²) in [5.41, 5.74) is 0.715. The van der Waals surface area contributed by atoms with Crippen molar-refractivity contribution in [1.82, 2.24) is 4.98 Å². The zero-order valence-electron chi connectivity index (χ0n) is 6.24. The molecule has 0 amide bonds. The van der Waals surface area contributed by atoms with E-state index in [2.05, 4.69) is 18.0 Å². The molecular formula is C8H8N2S. The second-order valence-corrected chi connectivity index (χ2v) is 3.22. The quantitative estimate of drug-likeness (QED) is 0.628. The van der Waals surface area contributed by atoms with Crippen molar-refractivity contribution in [2.75, 3.05) is 5.75 Å². The highest BCUT2D eigenvalue weighted by atomic mass is 32.2.